The second kappa shape index (κ2) is 9.11. The lowest BCUT2D eigenvalue weighted by Gasteiger charge is -2.16. The smallest absolute Gasteiger partial charge is 0.239 e. The highest BCUT2D eigenvalue weighted by Crippen LogP contribution is 2.39. The van der Waals surface area contributed by atoms with Gasteiger partial charge in [-0.3, -0.25) is 4.79 Å². The summed E-state index contributed by atoms with van der Waals surface area (Å²) < 4.78 is 20.8. The Hall–Kier alpha value is -1.99. The second-order valence-electron chi connectivity index (χ2n) is 4.60. The van der Waals surface area contributed by atoms with Gasteiger partial charge in [-0.1, -0.05) is 6.07 Å². The molecular formula is C15H24N2O5. The van der Waals surface area contributed by atoms with Gasteiger partial charge in [0, 0.05) is 19.2 Å². The van der Waals surface area contributed by atoms with Crippen LogP contribution in [0.2, 0.25) is 0 Å². The van der Waals surface area contributed by atoms with E-state index < -0.39 is 6.04 Å². The summed E-state index contributed by atoms with van der Waals surface area (Å²) in [5.41, 5.74) is 6.55. The number of benzene rings is 1. The lowest BCUT2D eigenvalue weighted by Crippen LogP contribution is -2.44. The zero-order valence-corrected chi connectivity index (χ0v) is 13.5. The summed E-state index contributed by atoms with van der Waals surface area (Å²) in [6, 6.07) is 3.01. The predicted molar refractivity (Wildman–Crippen MR) is 82.7 cm³/mol. The molecule has 1 amide bonds. The van der Waals surface area contributed by atoms with Crippen LogP contribution >= 0.6 is 0 Å². The Bertz CT molecular complexity index is 493. The Morgan fingerprint density at radius 3 is 2.36 bits per heavy atom. The fourth-order valence-corrected chi connectivity index (χ4v) is 2.07. The van der Waals surface area contributed by atoms with Crippen molar-refractivity contribution in [1.82, 2.24) is 5.32 Å². The summed E-state index contributed by atoms with van der Waals surface area (Å²) in [5, 5.41) is 2.76. The van der Waals surface area contributed by atoms with Crippen molar-refractivity contribution in [1.29, 1.82) is 0 Å². The Morgan fingerprint density at radius 1 is 1.14 bits per heavy atom. The van der Waals surface area contributed by atoms with Crippen molar-refractivity contribution in [3.63, 3.8) is 0 Å². The number of carbonyl (C=O) groups is 1. The second-order valence-corrected chi connectivity index (χ2v) is 4.60. The highest BCUT2D eigenvalue weighted by molar-refractivity contribution is 5.81. The van der Waals surface area contributed by atoms with Crippen LogP contribution < -0.4 is 25.3 Å². The van der Waals surface area contributed by atoms with Crippen LogP contribution in [-0.4, -0.2) is 53.5 Å². The molecule has 1 unspecified atom stereocenters. The maximum Gasteiger partial charge on any atom is 0.239 e. The summed E-state index contributed by atoms with van der Waals surface area (Å²) in [5.74, 6) is 1.47. The van der Waals surface area contributed by atoms with Crippen molar-refractivity contribution in [2.75, 3.05) is 41.6 Å². The summed E-state index contributed by atoms with van der Waals surface area (Å²) in [6.07, 6.45) is 0.578. The number of nitrogens with one attached hydrogen (secondary N) is 1. The normalized spacial score (nSPS) is 11.7. The molecular weight excluding hydrogens is 288 g/mol. The van der Waals surface area contributed by atoms with Gasteiger partial charge in [0.2, 0.25) is 11.7 Å². The minimum absolute atomic E-state index is 0.186. The lowest BCUT2D eigenvalue weighted by atomic mass is 10.1. The van der Waals surface area contributed by atoms with Crippen LogP contribution in [0, 0.1) is 0 Å². The SMILES string of the molecule is COCC(N)C(=O)NCCc1ccc(OC)c(OC)c1OC. The molecule has 1 aromatic rings. The first-order valence-corrected chi connectivity index (χ1v) is 6.89. The molecule has 0 aliphatic rings. The third kappa shape index (κ3) is 4.51. The molecule has 0 saturated carbocycles. The molecule has 0 spiro atoms. The predicted octanol–water partition coefficient (Wildman–Crippen LogP) is 0.345. The molecule has 3 N–H and O–H groups in total. The number of hydrogen-bond acceptors (Lipinski definition) is 6. The molecule has 0 aromatic heterocycles. The van der Waals surface area contributed by atoms with Crippen LogP contribution in [-0.2, 0) is 16.0 Å². The van der Waals surface area contributed by atoms with Crippen molar-refractivity contribution in [2.24, 2.45) is 5.73 Å². The molecule has 1 rings (SSSR count). The van der Waals surface area contributed by atoms with E-state index in [0.29, 0.717) is 30.2 Å². The third-order valence-corrected chi connectivity index (χ3v) is 3.16. The van der Waals surface area contributed by atoms with Gasteiger partial charge in [0.1, 0.15) is 6.04 Å². The topological polar surface area (TPSA) is 92.0 Å². The van der Waals surface area contributed by atoms with Crippen molar-refractivity contribution in [2.45, 2.75) is 12.5 Å². The fraction of sp³-hybridized carbons (Fsp3) is 0.533. The first kappa shape index (κ1) is 18.1. The Labute approximate surface area is 130 Å². The van der Waals surface area contributed by atoms with E-state index in [1.54, 1.807) is 27.4 Å². The average Bonchev–Trinajstić information content (AvgIpc) is 2.53. The molecule has 124 valence electrons. The summed E-state index contributed by atoms with van der Waals surface area (Å²) >= 11 is 0. The van der Waals surface area contributed by atoms with Crippen molar-refractivity contribution >= 4 is 5.91 Å². The fourth-order valence-electron chi connectivity index (χ4n) is 2.07. The minimum Gasteiger partial charge on any atom is -0.493 e. The van der Waals surface area contributed by atoms with Crippen molar-refractivity contribution < 1.29 is 23.7 Å². The molecule has 22 heavy (non-hydrogen) atoms. The van der Waals surface area contributed by atoms with Gasteiger partial charge in [-0.2, -0.15) is 0 Å². The van der Waals surface area contributed by atoms with Crippen LogP contribution in [0.4, 0.5) is 0 Å². The van der Waals surface area contributed by atoms with E-state index in [0.717, 1.165) is 5.56 Å². The molecule has 0 heterocycles. The number of amides is 1. The van der Waals surface area contributed by atoms with Gasteiger partial charge in [-0.25, -0.2) is 0 Å². The highest BCUT2D eigenvalue weighted by atomic mass is 16.5. The molecule has 0 radical (unpaired) electrons. The molecule has 0 fully saturated rings. The maximum absolute atomic E-state index is 11.7. The van der Waals surface area contributed by atoms with E-state index in [4.69, 9.17) is 24.7 Å². The Kier molecular flexibility index (Phi) is 7.48. The minimum atomic E-state index is -0.669. The summed E-state index contributed by atoms with van der Waals surface area (Å²) in [6.45, 7) is 0.619. The number of rotatable bonds is 9. The molecule has 0 aliphatic heterocycles. The quantitative estimate of drug-likeness (QED) is 0.683. The molecule has 0 bridgehead atoms. The van der Waals surface area contributed by atoms with E-state index in [-0.39, 0.29) is 12.5 Å². The third-order valence-electron chi connectivity index (χ3n) is 3.16. The van der Waals surface area contributed by atoms with Gasteiger partial charge >= 0.3 is 0 Å². The summed E-state index contributed by atoms with van der Waals surface area (Å²) in [4.78, 5) is 11.7. The molecule has 7 heteroatoms. The van der Waals surface area contributed by atoms with Crippen LogP contribution in [0.15, 0.2) is 12.1 Å². The highest BCUT2D eigenvalue weighted by Gasteiger charge is 2.16. The zero-order valence-electron chi connectivity index (χ0n) is 13.5. The van der Waals surface area contributed by atoms with Crippen molar-refractivity contribution in [3.05, 3.63) is 17.7 Å². The van der Waals surface area contributed by atoms with Crippen LogP contribution in [0.5, 0.6) is 17.2 Å². The van der Waals surface area contributed by atoms with Gasteiger partial charge in [0.05, 0.1) is 27.9 Å². The number of methoxy groups -OCH3 is 4. The van der Waals surface area contributed by atoms with E-state index in [1.807, 2.05) is 6.07 Å². The Balaban J connectivity index is 2.72. The maximum atomic E-state index is 11.7. The Morgan fingerprint density at radius 2 is 1.82 bits per heavy atom. The van der Waals surface area contributed by atoms with Gasteiger partial charge in [0.25, 0.3) is 0 Å². The first-order chi connectivity index (χ1) is 10.6. The molecule has 1 atom stereocenters. The lowest BCUT2D eigenvalue weighted by molar-refractivity contribution is -0.123. The molecule has 0 saturated heterocycles. The number of hydrogen-bond donors (Lipinski definition) is 2. The molecule has 7 nitrogen and oxygen atoms in total. The standard InChI is InChI=1S/C15H24N2O5/c1-19-9-11(16)15(18)17-8-7-10-5-6-12(20-2)14(22-4)13(10)21-3/h5-6,11H,7-9,16H2,1-4H3,(H,17,18). The first-order valence-electron chi connectivity index (χ1n) is 6.89. The molecule has 1 aromatic carbocycles. The van der Waals surface area contributed by atoms with E-state index >= 15 is 0 Å². The van der Waals surface area contributed by atoms with Crippen molar-refractivity contribution in [3.8, 4) is 17.2 Å². The van der Waals surface area contributed by atoms with E-state index in [1.165, 1.54) is 7.11 Å². The van der Waals surface area contributed by atoms with Crippen LogP contribution in [0.25, 0.3) is 0 Å². The summed E-state index contributed by atoms with van der Waals surface area (Å²) in [7, 11) is 6.18. The zero-order chi connectivity index (χ0) is 16.5. The van der Waals surface area contributed by atoms with Gasteiger partial charge < -0.3 is 30.0 Å². The van der Waals surface area contributed by atoms with Gasteiger partial charge in [0.15, 0.2) is 11.5 Å². The molecule has 0 aliphatic carbocycles. The number of ether oxygens (including phenoxy) is 4. The van der Waals surface area contributed by atoms with E-state index in [2.05, 4.69) is 5.32 Å². The average molecular weight is 312 g/mol. The number of nitrogens with two attached hydrogens (primary N) is 1. The largest absolute Gasteiger partial charge is 0.493 e. The van der Waals surface area contributed by atoms with Gasteiger partial charge in [-0.15, -0.1) is 0 Å². The number of carbonyl (C=O) groups excluding carboxylic acids is 1. The monoisotopic (exact) mass is 312 g/mol. The van der Waals surface area contributed by atoms with Crippen LogP contribution in [0.1, 0.15) is 5.56 Å². The van der Waals surface area contributed by atoms with Gasteiger partial charge in [-0.05, 0) is 12.5 Å². The van der Waals surface area contributed by atoms with Crippen LogP contribution in [0.3, 0.4) is 0 Å². The van der Waals surface area contributed by atoms with E-state index in [9.17, 15) is 4.79 Å².